The third kappa shape index (κ3) is 4.89. The number of ether oxygens (including phenoxy) is 2. The molecule has 1 N–H and O–H groups in total. The summed E-state index contributed by atoms with van der Waals surface area (Å²) in [5, 5.41) is 2.92. The predicted molar refractivity (Wildman–Crippen MR) is 109 cm³/mol. The first kappa shape index (κ1) is 18.9. The Hall–Kier alpha value is -3.45. The van der Waals surface area contributed by atoms with Crippen LogP contribution in [0.2, 0.25) is 0 Å². The summed E-state index contributed by atoms with van der Waals surface area (Å²) in [6.45, 7) is 3.17. The van der Waals surface area contributed by atoms with E-state index in [9.17, 15) is 4.79 Å². The van der Waals surface area contributed by atoms with Crippen LogP contribution in [0.5, 0.6) is 11.5 Å². The van der Waals surface area contributed by atoms with Gasteiger partial charge in [-0.15, -0.1) is 0 Å². The lowest BCUT2D eigenvalue weighted by atomic mass is 10.2. The minimum absolute atomic E-state index is 0.219. The summed E-state index contributed by atoms with van der Waals surface area (Å²) < 4.78 is 11.2. The third-order valence-electron chi connectivity index (χ3n) is 4.53. The average Bonchev–Trinajstić information content (AvgIpc) is 2.79. The number of carbonyl (C=O) groups is 1. The summed E-state index contributed by atoms with van der Waals surface area (Å²) in [5.41, 5.74) is 1.22. The van der Waals surface area contributed by atoms with Crippen molar-refractivity contribution in [3.8, 4) is 11.5 Å². The van der Waals surface area contributed by atoms with Gasteiger partial charge in [0, 0.05) is 19.3 Å². The zero-order chi connectivity index (χ0) is 19.9. The van der Waals surface area contributed by atoms with Crippen LogP contribution in [0.25, 0.3) is 0 Å². The molecule has 7 nitrogen and oxygen atoms in total. The Kier molecular flexibility index (Phi) is 5.97. The lowest BCUT2D eigenvalue weighted by Gasteiger charge is -2.26. The number of nitrogens with one attached hydrogen (secondary N) is 1. The van der Waals surface area contributed by atoms with Crippen molar-refractivity contribution in [1.29, 1.82) is 0 Å². The van der Waals surface area contributed by atoms with Gasteiger partial charge in [-0.3, -0.25) is 4.79 Å². The molecule has 0 spiro atoms. The predicted octanol–water partition coefficient (Wildman–Crippen LogP) is 3.04. The number of morpholine rings is 1. The monoisotopic (exact) mass is 390 g/mol. The largest absolute Gasteiger partial charge is 0.457 e. The van der Waals surface area contributed by atoms with E-state index < -0.39 is 0 Å². The maximum absolute atomic E-state index is 12.8. The minimum Gasteiger partial charge on any atom is -0.457 e. The summed E-state index contributed by atoms with van der Waals surface area (Å²) in [7, 11) is 0. The van der Waals surface area contributed by atoms with Crippen molar-refractivity contribution in [3.05, 3.63) is 78.1 Å². The van der Waals surface area contributed by atoms with E-state index in [1.807, 2.05) is 42.5 Å². The molecule has 4 rings (SSSR count). The Morgan fingerprint density at radius 1 is 1.03 bits per heavy atom. The summed E-state index contributed by atoms with van der Waals surface area (Å²) in [6, 6.07) is 18.4. The van der Waals surface area contributed by atoms with E-state index in [1.165, 1.54) is 0 Å². The van der Waals surface area contributed by atoms with Crippen molar-refractivity contribution in [2.75, 3.05) is 31.2 Å². The van der Waals surface area contributed by atoms with E-state index in [-0.39, 0.29) is 5.91 Å². The molecule has 0 saturated carbocycles. The van der Waals surface area contributed by atoms with Gasteiger partial charge < -0.3 is 19.7 Å². The summed E-state index contributed by atoms with van der Waals surface area (Å²) in [5.74, 6) is 1.63. The fourth-order valence-corrected chi connectivity index (χ4v) is 3.02. The summed E-state index contributed by atoms with van der Waals surface area (Å²) >= 11 is 0. The van der Waals surface area contributed by atoms with Crippen LogP contribution >= 0.6 is 0 Å². The Balaban J connectivity index is 1.43. The molecule has 148 valence electrons. The van der Waals surface area contributed by atoms with Crippen molar-refractivity contribution in [2.45, 2.75) is 6.54 Å². The van der Waals surface area contributed by atoms with Crippen LogP contribution in [-0.4, -0.2) is 42.2 Å². The van der Waals surface area contributed by atoms with Crippen LogP contribution in [0, 0.1) is 0 Å². The number of benzene rings is 2. The fraction of sp³-hybridized carbons (Fsp3) is 0.227. The van der Waals surface area contributed by atoms with Gasteiger partial charge in [-0.1, -0.05) is 30.3 Å². The Labute approximate surface area is 169 Å². The van der Waals surface area contributed by atoms with E-state index >= 15 is 0 Å². The molecule has 29 heavy (non-hydrogen) atoms. The number of hydrogen-bond donors (Lipinski definition) is 1. The highest BCUT2D eigenvalue weighted by Gasteiger charge is 2.15. The van der Waals surface area contributed by atoms with E-state index in [0.29, 0.717) is 42.8 Å². The minimum atomic E-state index is -0.219. The lowest BCUT2D eigenvalue weighted by Crippen LogP contribution is -2.37. The molecule has 0 unspecified atom stereocenters. The Bertz CT molecular complexity index is 959. The highest BCUT2D eigenvalue weighted by Crippen LogP contribution is 2.25. The molecule has 0 radical (unpaired) electrons. The van der Waals surface area contributed by atoms with E-state index in [0.717, 1.165) is 18.8 Å². The van der Waals surface area contributed by atoms with Crippen molar-refractivity contribution in [1.82, 2.24) is 15.3 Å². The molecule has 1 aliphatic heterocycles. The third-order valence-corrected chi connectivity index (χ3v) is 4.53. The van der Waals surface area contributed by atoms with Crippen LogP contribution in [0.15, 0.2) is 66.9 Å². The van der Waals surface area contributed by atoms with Gasteiger partial charge in [0.15, 0.2) is 0 Å². The molecule has 2 heterocycles. The van der Waals surface area contributed by atoms with E-state index in [4.69, 9.17) is 9.47 Å². The molecule has 1 saturated heterocycles. The van der Waals surface area contributed by atoms with Gasteiger partial charge in [-0.2, -0.15) is 0 Å². The number of carbonyl (C=O) groups excluding carboxylic acids is 1. The first-order valence-electron chi connectivity index (χ1n) is 9.54. The summed E-state index contributed by atoms with van der Waals surface area (Å²) in [4.78, 5) is 23.7. The first-order chi connectivity index (χ1) is 14.3. The zero-order valence-electron chi connectivity index (χ0n) is 16.0. The van der Waals surface area contributed by atoms with Gasteiger partial charge in [0.25, 0.3) is 5.91 Å². The molecule has 1 amide bonds. The highest BCUT2D eigenvalue weighted by atomic mass is 16.5. The van der Waals surface area contributed by atoms with Gasteiger partial charge >= 0.3 is 0 Å². The normalized spacial score (nSPS) is 13.7. The van der Waals surface area contributed by atoms with Crippen molar-refractivity contribution < 1.29 is 14.3 Å². The van der Waals surface area contributed by atoms with Crippen LogP contribution in [0.3, 0.4) is 0 Å². The maximum atomic E-state index is 12.8. The fourth-order valence-electron chi connectivity index (χ4n) is 3.02. The van der Waals surface area contributed by atoms with Crippen molar-refractivity contribution in [3.63, 3.8) is 0 Å². The number of anilines is 1. The van der Waals surface area contributed by atoms with Crippen molar-refractivity contribution in [2.24, 2.45) is 0 Å². The standard InChI is InChI=1S/C22H22N4O3/c27-21(19-8-4-5-9-20(19)29-18-6-2-1-3-7-18)24-16-17-10-11-23-22(25-17)26-12-14-28-15-13-26/h1-11H,12-16H2,(H,24,27). The SMILES string of the molecule is O=C(NCc1ccnc(N2CCOCC2)n1)c1ccccc1Oc1ccccc1. The molecule has 7 heteroatoms. The molecule has 2 aromatic carbocycles. The van der Waals surface area contributed by atoms with Crippen molar-refractivity contribution >= 4 is 11.9 Å². The topological polar surface area (TPSA) is 76.6 Å². The van der Waals surface area contributed by atoms with E-state index in [2.05, 4.69) is 20.2 Å². The average molecular weight is 390 g/mol. The number of aromatic nitrogens is 2. The highest BCUT2D eigenvalue weighted by molar-refractivity contribution is 5.96. The molecular formula is C22H22N4O3. The van der Waals surface area contributed by atoms with Gasteiger partial charge in [0.2, 0.25) is 5.95 Å². The van der Waals surface area contributed by atoms with Gasteiger partial charge in [0.1, 0.15) is 11.5 Å². The maximum Gasteiger partial charge on any atom is 0.255 e. The zero-order valence-corrected chi connectivity index (χ0v) is 16.0. The van der Waals surface area contributed by atoms with Crippen LogP contribution in [0.1, 0.15) is 16.1 Å². The second-order valence-electron chi connectivity index (χ2n) is 6.54. The first-order valence-corrected chi connectivity index (χ1v) is 9.54. The Morgan fingerprint density at radius 2 is 1.79 bits per heavy atom. The number of hydrogen-bond acceptors (Lipinski definition) is 6. The van der Waals surface area contributed by atoms with Crippen LogP contribution < -0.4 is 15.0 Å². The van der Waals surface area contributed by atoms with Crippen LogP contribution in [-0.2, 0) is 11.3 Å². The smallest absolute Gasteiger partial charge is 0.255 e. The number of nitrogens with zero attached hydrogens (tertiary/aromatic N) is 3. The second-order valence-corrected chi connectivity index (χ2v) is 6.54. The molecule has 1 aliphatic rings. The molecule has 0 aliphatic carbocycles. The van der Waals surface area contributed by atoms with E-state index in [1.54, 1.807) is 24.4 Å². The number of rotatable bonds is 6. The molecule has 3 aromatic rings. The second kappa shape index (κ2) is 9.16. The molecule has 0 atom stereocenters. The van der Waals surface area contributed by atoms with Crippen LogP contribution in [0.4, 0.5) is 5.95 Å². The van der Waals surface area contributed by atoms with Gasteiger partial charge in [0.05, 0.1) is 31.0 Å². The molecule has 1 fully saturated rings. The van der Waals surface area contributed by atoms with Gasteiger partial charge in [-0.25, -0.2) is 9.97 Å². The molecule has 0 bridgehead atoms. The number of amides is 1. The number of para-hydroxylation sites is 2. The Morgan fingerprint density at radius 3 is 2.62 bits per heavy atom. The lowest BCUT2D eigenvalue weighted by molar-refractivity contribution is 0.0948. The summed E-state index contributed by atoms with van der Waals surface area (Å²) in [6.07, 6.45) is 1.71. The molecular weight excluding hydrogens is 368 g/mol. The quantitative estimate of drug-likeness (QED) is 0.697. The molecule has 1 aromatic heterocycles. The van der Waals surface area contributed by atoms with Gasteiger partial charge in [-0.05, 0) is 30.3 Å².